The van der Waals surface area contributed by atoms with Gasteiger partial charge in [-0.25, -0.2) is 4.79 Å². The van der Waals surface area contributed by atoms with Crippen LogP contribution in [0.4, 0.5) is 0 Å². The molecule has 0 spiro atoms. The molecule has 2 heterocycles. The van der Waals surface area contributed by atoms with Crippen LogP contribution in [-0.2, 0) is 11.2 Å². The van der Waals surface area contributed by atoms with Gasteiger partial charge in [0.25, 0.3) is 0 Å². The Morgan fingerprint density at radius 3 is 2.60 bits per heavy atom. The highest BCUT2D eigenvalue weighted by Gasteiger charge is 2.23. The first-order valence-electron chi connectivity index (χ1n) is 6.77. The Morgan fingerprint density at radius 1 is 1.20 bits per heavy atom. The van der Waals surface area contributed by atoms with E-state index < -0.39 is 5.97 Å². The van der Waals surface area contributed by atoms with E-state index in [4.69, 9.17) is 0 Å². The number of carboxylic acid groups (broad SMARTS) is 1. The summed E-state index contributed by atoms with van der Waals surface area (Å²) in [5.41, 5.74) is 1.47. The Hall–Kier alpha value is -2.30. The van der Waals surface area contributed by atoms with E-state index in [2.05, 4.69) is 4.98 Å². The second-order valence-electron chi connectivity index (χ2n) is 5.09. The van der Waals surface area contributed by atoms with Gasteiger partial charge in [-0.1, -0.05) is 18.2 Å². The minimum absolute atomic E-state index is 0.00903. The van der Waals surface area contributed by atoms with Crippen LogP contribution in [0.2, 0.25) is 0 Å². The number of carbonyl (C=O) groups excluding carboxylic acids is 1. The maximum Gasteiger partial charge on any atom is 0.352 e. The summed E-state index contributed by atoms with van der Waals surface area (Å²) in [7, 11) is 0. The molecule has 5 heteroatoms. The number of likely N-dealkylation sites (tertiary alicyclic amines) is 1. The molecule has 0 radical (unpaired) electrons. The van der Waals surface area contributed by atoms with Crippen LogP contribution in [0.5, 0.6) is 0 Å². The van der Waals surface area contributed by atoms with Crippen molar-refractivity contribution in [2.45, 2.75) is 19.3 Å². The number of amides is 1. The smallest absolute Gasteiger partial charge is 0.352 e. The number of aromatic carboxylic acids is 1. The standard InChI is InChI=1S/C15H16N2O3/c18-13(17-7-3-4-8-17)9-11-10-5-1-2-6-12(10)16-14(11)15(19)20/h1-2,5-6,16H,3-4,7-9H2,(H,19,20). The van der Waals surface area contributed by atoms with Crippen LogP contribution in [0.3, 0.4) is 0 Å². The van der Waals surface area contributed by atoms with E-state index in [-0.39, 0.29) is 18.0 Å². The van der Waals surface area contributed by atoms with Crippen molar-refractivity contribution in [2.75, 3.05) is 13.1 Å². The number of fused-ring (bicyclic) bond motifs is 1. The fourth-order valence-electron chi connectivity index (χ4n) is 2.80. The zero-order chi connectivity index (χ0) is 14.1. The predicted molar refractivity (Wildman–Crippen MR) is 74.8 cm³/mol. The number of benzene rings is 1. The molecular weight excluding hydrogens is 256 g/mol. The van der Waals surface area contributed by atoms with Crippen molar-refractivity contribution in [2.24, 2.45) is 0 Å². The van der Waals surface area contributed by atoms with E-state index in [1.165, 1.54) is 0 Å². The first-order valence-corrected chi connectivity index (χ1v) is 6.77. The van der Waals surface area contributed by atoms with Gasteiger partial charge in [0.1, 0.15) is 5.69 Å². The number of nitrogens with one attached hydrogen (secondary N) is 1. The lowest BCUT2D eigenvalue weighted by atomic mass is 10.1. The van der Waals surface area contributed by atoms with Crippen LogP contribution in [0, 0.1) is 0 Å². The number of carbonyl (C=O) groups is 2. The molecule has 0 aliphatic carbocycles. The van der Waals surface area contributed by atoms with Crippen LogP contribution in [0.15, 0.2) is 24.3 Å². The summed E-state index contributed by atoms with van der Waals surface area (Å²) in [5, 5.41) is 10.1. The van der Waals surface area contributed by atoms with Gasteiger partial charge in [-0.05, 0) is 18.9 Å². The van der Waals surface area contributed by atoms with Gasteiger partial charge in [-0.2, -0.15) is 0 Å². The highest BCUT2D eigenvalue weighted by atomic mass is 16.4. The minimum Gasteiger partial charge on any atom is -0.477 e. The van der Waals surface area contributed by atoms with Crippen molar-refractivity contribution in [3.8, 4) is 0 Å². The maximum atomic E-state index is 12.3. The number of rotatable bonds is 3. The third-order valence-corrected chi connectivity index (χ3v) is 3.81. The second-order valence-corrected chi connectivity index (χ2v) is 5.09. The summed E-state index contributed by atoms with van der Waals surface area (Å²) in [5.74, 6) is -1.01. The zero-order valence-corrected chi connectivity index (χ0v) is 11.1. The third kappa shape index (κ3) is 2.15. The molecule has 5 nitrogen and oxygen atoms in total. The molecule has 1 aromatic carbocycles. The molecule has 0 unspecified atom stereocenters. The Kier molecular flexibility index (Phi) is 3.18. The van der Waals surface area contributed by atoms with Crippen LogP contribution in [0.1, 0.15) is 28.9 Å². The van der Waals surface area contributed by atoms with E-state index in [1.54, 1.807) is 0 Å². The van der Waals surface area contributed by atoms with Crippen molar-refractivity contribution < 1.29 is 14.7 Å². The molecular formula is C15H16N2O3. The Morgan fingerprint density at radius 2 is 1.90 bits per heavy atom. The number of H-pyrrole nitrogens is 1. The van der Waals surface area contributed by atoms with Gasteiger partial charge in [0, 0.05) is 29.6 Å². The molecule has 3 rings (SSSR count). The van der Waals surface area contributed by atoms with Crippen LogP contribution in [0.25, 0.3) is 10.9 Å². The molecule has 1 aliphatic heterocycles. The lowest BCUT2D eigenvalue weighted by Crippen LogP contribution is -2.29. The quantitative estimate of drug-likeness (QED) is 0.898. The molecule has 104 valence electrons. The summed E-state index contributed by atoms with van der Waals surface area (Å²) in [6.07, 6.45) is 2.21. The molecule has 0 atom stereocenters. The van der Waals surface area contributed by atoms with Crippen molar-refractivity contribution in [1.82, 2.24) is 9.88 Å². The number of para-hydroxylation sites is 1. The lowest BCUT2D eigenvalue weighted by Gasteiger charge is -2.15. The monoisotopic (exact) mass is 272 g/mol. The first kappa shape index (κ1) is 12.7. The van der Waals surface area contributed by atoms with Gasteiger partial charge < -0.3 is 15.0 Å². The van der Waals surface area contributed by atoms with Gasteiger partial charge in [0.05, 0.1) is 6.42 Å². The molecule has 2 aromatic rings. The van der Waals surface area contributed by atoms with Gasteiger partial charge in [-0.15, -0.1) is 0 Å². The van der Waals surface area contributed by atoms with Crippen molar-refractivity contribution in [3.05, 3.63) is 35.5 Å². The third-order valence-electron chi connectivity index (χ3n) is 3.81. The number of hydrogen-bond donors (Lipinski definition) is 2. The Balaban J connectivity index is 1.98. The summed E-state index contributed by atoms with van der Waals surface area (Å²) in [4.78, 5) is 28.3. The van der Waals surface area contributed by atoms with Gasteiger partial charge in [-0.3, -0.25) is 4.79 Å². The molecule has 1 aromatic heterocycles. The topological polar surface area (TPSA) is 73.4 Å². The zero-order valence-electron chi connectivity index (χ0n) is 11.1. The van der Waals surface area contributed by atoms with E-state index >= 15 is 0 Å². The van der Waals surface area contributed by atoms with Gasteiger partial charge >= 0.3 is 5.97 Å². The van der Waals surface area contributed by atoms with Gasteiger partial charge in [0.2, 0.25) is 5.91 Å². The fraction of sp³-hybridized carbons (Fsp3) is 0.333. The molecule has 1 fully saturated rings. The van der Waals surface area contributed by atoms with Crippen LogP contribution >= 0.6 is 0 Å². The van der Waals surface area contributed by atoms with E-state index in [1.807, 2.05) is 29.2 Å². The number of aromatic amines is 1. The maximum absolute atomic E-state index is 12.3. The number of aromatic nitrogens is 1. The largest absolute Gasteiger partial charge is 0.477 e. The predicted octanol–water partition coefficient (Wildman–Crippen LogP) is 2.03. The molecule has 0 bridgehead atoms. The average Bonchev–Trinajstić information content (AvgIpc) is 3.06. The highest BCUT2D eigenvalue weighted by Crippen LogP contribution is 2.24. The van der Waals surface area contributed by atoms with Gasteiger partial charge in [0.15, 0.2) is 0 Å². The Labute approximate surface area is 116 Å². The SMILES string of the molecule is O=C(O)c1[nH]c2ccccc2c1CC(=O)N1CCCC1. The van der Waals surface area contributed by atoms with E-state index in [0.717, 1.165) is 36.8 Å². The Bertz CT molecular complexity index is 669. The molecule has 1 aliphatic rings. The second kappa shape index (κ2) is 5.00. The van der Waals surface area contributed by atoms with Crippen molar-refractivity contribution >= 4 is 22.8 Å². The highest BCUT2D eigenvalue weighted by molar-refractivity contribution is 6.00. The normalized spacial score (nSPS) is 14.9. The summed E-state index contributed by atoms with van der Waals surface area (Å²) in [6, 6.07) is 7.37. The summed E-state index contributed by atoms with van der Waals surface area (Å²) in [6.45, 7) is 1.56. The summed E-state index contributed by atoms with van der Waals surface area (Å²) < 4.78 is 0. The van der Waals surface area contributed by atoms with E-state index in [0.29, 0.717) is 5.56 Å². The lowest BCUT2D eigenvalue weighted by molar-refractivity contribution is -0.129. The van der Waals surface area contributed by atoms with Crippen molar-refractivity contribution in [3.63, 3.8) is 0 Å². The number of nitrogens with zero attached hydrogens (tertiary/aromatic N) is 1. The number of carboxylic acids is 1. The minimum atomic E-state index is -1.02. The fourth-order valence-corrected chi connectivity index (χ4v) is 2.80. The van der Waals surface area contributed by atoms with Crippen LogP contribution < -0.4 is 0 Å². The average molecular weight is 272 g/mol. The first-order chi connectivity index (χ1) is 9.66. The number of hydrogen-bond acceptors (Lipinski definition) is 2. The molecule has 1 amide bonds. The van der Waals surface area contributed by atoms with Crippen molar-refractivity contribution in [1.29, 1.82) is 0 Å². The molecule has 2 N–H and O–H groups in total. The summed E-state index contributed by atoms with van der Waals surface area (Å²) >= 11 is 0. The molecule has 20 heavy (non-hydrogen) atoms. The van der Waals surface area contributed by atoms with Crippen LogP contribution in [-0.4, -0.2) is 40.0 Å². The molecule has 0 saturated carbocycles. The van der Waals surface area contributed by atoms with E-state index in [9.17, 15) is 14.7 Å². The molecule has 1 saturated heterocycles.